The monoisotopic (exact) mass is 509 g/mol. The molecule has 5 rings (SSSR count). The summed E-state index contributed by atoms with van der Waals surface area (Å²) in [5.74, 6) is 1.66. The van der Waals surface area contributed by atoms with E-state index >= 15 is 0 Å². The lowest BCUT2D eigenvalue weighted by Gasteiger charge is -2.31. The third-order valence-corrected chi connectivity index (χ3v) is 7.32. The summed E-state index contributed by atoms with van der Waals surface area (Å²) >= 11 is 1.53. The number of fused-ring (bicyclic) bond motifs is 3. The predicted octanol–water partition coefficient (Wildman–Crippen LogP) is 5.87. The minimum atomic E-state index is -0.474. The Labute approximate surface area is 215 Å². The number of para-hydroxylation sites is 2. The molecular formula is C27H28ClN3O3S. The van der Waals surface area contributed by atoms with Crippen LogP contribution in [-0.2, 0) is 4.79 Å². The molecule has 0 N–H and O–H groups in total. The van der Waals surface area contributed by atoms with Crippen LogP contribution in [0.25, 0.3) is 10.2 Å². The number of halogens is 1. The Kier molecular flexibility index (Phi) is 7.31. The number of likely N-dealkylation sites (N-methyl/N-ethyl adjacent to an activating group) is 1. The lowest BCUT2D eigenvalue weighted by atomic mass is 9.87. The molecule has 4 aromatic rings. The van der Waals surface area contributed by atoms with Crippen LogP contribution in [0.5, 0.6) is 17.2 Å². The first-order valence-electron chi connectivity index (χ1n) is 11.2. The highest BCUT2D eigenvalue weighted by Crippen LogP contribution is 2.46. The van der Waals surface area contributed by atoms with Crippen molar-refractivity contribution < 1.29 is 14.3 Å². The molecule has 1 amide bonds. The van der Waals surface area contributed by atoms with Crippen LogP contribution in [0.15, 0.2) is 60.7 Å². The zero-order valence-electron chi connectivity index (χ0n) is 20.1. The van der Waals surface area contributed by atoms with Gasteiger partial charge in [0.05, 0.1) is 17.7 Å². The van der Waals surface area contributed by atoms with Gasteiger partial charge in [0, 0.05) is 24.2 Å². The van der Waals surface area contributed by atoms with Crippen molar-refractivity contribution in [3.05, 3.63) is 77.4 Å². The topological polar surface area (TPSA) is 54.9 Å². The number of benzene rings is 3. The van der Waals surface area contributed by atoms with Gasteiger partial charge in [-0.25, -0.2) is 4.98 Å². The average molecular weight is 510 g/mol. The number of rotatable bonds is 6. The quantitative estimate of drug-likeness (QED) is 0.325. The maximum atomic E-state index is 14.3. The molecular weight excluding hydrogens is 482 g/mol. The molecule has 0 aliphatic carbocycles. The number of carbonyl (C=O) groups is 1. The van der Waals surface area contributed by atoms with Gasteiger partial charge in [0.25, 0.3) is 0 Å². The lowest BCUT2D eigenvalue weighted by Crippen LogP contribution is -2.40. The van der Waals surface area contributed by atoms with Gasteiger partial charge in [-0.2, -0.15) is 0 Å². The van der Waals surface area contributed by atoms with E-state index in [1.54, 1.807) is 7.11 Å². The van der Waals surface area contributed by atoms with E-state index in [9.17, 15) is 4.79 Å². The number of nitrogens with zero attached hydrogens (tertiary/aromatic N) is 3. The number of aryl methyl sites for hydroxylation is 1. The summed E-state index contributed by atoms with van der Waals surface area (Å²) < 4.78 is 12.7. The first-order valence-corrected chi connectivity index (χ1v) is 12.1. The van der Waals surface area contributed by atoms with Crippen molar-refractivity contribution in [1.29, 1.82) is 0 Å². The van der Waals surface area contributed by atoms with Crippen LogP contribution in [0.2, 0.25) is 0 Å². The summed E-state index contributed by atoms with van der Waals surface area (Å²) in [6, 6.07) is 19.5. The second-order valence-corrected chi connectivity index (χ2v) is 9.64. The smallest absolute Gasteiger partial charge is 0.241 e. The third kappa shape index (κ3) is 4.59. The fourth-order valence-corrected chi connectivity index (χ4v) is 5.39. The molecule has 0 radical (unpaired) electrons. The van der Waals surface area contributed by atoms with Crippen LogP contribution in [-0.4, -0.2) is 50.1 Å². The van der Waals surface area contributed by atoms with E-state index in [0.29, 0.717) is 35.5 Å². The van der Waals surface area contributed by atoms with E-state index < -0.39 is 5.92 Å². The largest absolute Gasteiger partial charge is 0.494 e. The highest BCUT2D eigenvalue weighted by molar-refractivity contribution is 7.22. The number of carbonyl (C=O) groups excluding carboxylic acids is 1. The second-order valence-electron chi connectivity index (χ2n) is 8.66. The van der Waals surface area contributed by atoms with Gasteiger partial charge < -0.3 is 14.4 Å². The molecule has 0 spiro atoms. The second kappa shape index (κ2) is 10.2. The van der Waals surface area contributed by atoms with Gasteiger partial charge >= 0.3 is 0 Å². The summed E-state index contributed by atoms with van der Waals surface area (Å²) in [4.78, 5) is 23.1. The number of ether oxygens (including phenoxy) is 2. The molecule has 3 aromatic carbocycles. The normalized spacial score (nSPS) is 12.5. The van der Waals surface area contributed by atoms with Crippen molar-refractivity contribution in [2.75, 3.05) is 39.2 Å². The first kappa shape index (κ1) is 25.0. The summed E-state index contributed by atoms with van der Waals surface area (Å²) in [5.41, 5.74) is 3.64. The fourth-order valence-electron chi connectivity index (χ4n) is 4.31. The van der Waals surface area contributed by atoms with Gasteiger partial charge in [0.1, 0.15) is 22.8 Å². The Morgan fingerprint density at radius 2 is 1.63 bits per heavy atom. The maximum Gasteiger partial charge on any atom is 0.241 e. The Bertz CT molecular complexity index is 1330. The Balaban J connectivity index is 0.00000289. The van der Waals surface area contributed by atoms with Crippen LogP contribution in [0, 0.1) is 6.92 Å². The van der Waals surface area contributed by atoms with Crippen LogP contribution in [0.3, 0.4) is 0 Å². The molecule has 1 aliphatic heterocycles. The van der Waals surface area contributed by atoms with Crippen LogP contribution < -0.4 is 14.4 Å². The number of thiazole rings is 1. The summed E-state index contributed by atoms with van der Waals surface area (Å²) in [5, 5.41) is 0.677. The predicted molar refractivity (Wildman–Crippen MR) is 144 cm³/mol. The van der Waals surface area contributed by atoms with Gasteiger partial charge in [-0.1, -0.05) is 53.8 Å². The Morgan fingerprint density at radius 3 is 2.23 bits per heavy atom. The molecule has 6 nitrogen and oxygen atoms in total. The Hall–Kier alpha value is -3.13. The number of hydrogen-bond acceptors (Lipinski definition) is 6. The summed E-state index contributed by atoms with van der Waals surface area (Å²) in [6.07, 6.45) is 0. The van der Waals surface area contributed by atoms with Gasteiger partial charge in [-0.15, -0.1) is 12.4 Å². The molecule has 1 aliphatic rings. The molecule has 0 atom stereocenters. The molecule has 2 heterocycles. The van der Waals surface area contributed by atoms with E-state index in [1.807, 2.05) is 79.7 Å². The molecule has 35 heavy (non-hydrogen) atoms. The molecule has 8 heteroatoms. The molecule has 1 aromatic heterocycles. The summed E-state index contributed by atoms with van der Waals surface area (Å²) in [6.45, 7) is 3.29. The molecule has 182 valence electrons. The Morgan fingerprint density at radius 1 is 1.00 bits per heavy atom. The van der Waals surface area contributed by atoms with Gasteiger partial charge in [0.15, 0.2) is 5.13 Å². The lowest BCUT2D eigenvalue weighted by molar-refractivity contribution is -0.119. The zero-order valence-corrected chi connectivity index (χ0v) is 21.8. The average Bonchev–Trinajstić information content (AvgIpc) is 3.28. The SMILES string of the molecule is COc1ccc(C)c2sc(N(CCN(C)C)C(=O)C3c4ccccc4Oc4ccccc43)nc12.Cl. The highest BCUT2D eigenvalue weighted by atomic mass is 35.5. The maximum absolute atomic E-state index is 14.3. The summed E-state index contributed by atoms with van der Waals surface area (Å²) in [7, 11) is 5.66. The molecule has 0 saturated carbocycles. The number of methoxy groups -OCH3 is 1. The van der Waals surface area contributed by atoms with E-state index in [0.717, 1.165) is 26.9 Å². The van der Waals surface area contributed by atoms with E-state index in [-0.39, 0.29) is 18.3 Å². The number of anilines is 1. The zero-order chi connectivity index (χ0) is 23.8. The first-order chi connectivity index (χ1) is 16.5. The highest BCUT2D eigenvalue weighted by Gasteiger charge is 2.36. The van der Waals surface area contributed by atoms with Crippen molar-refractivity contribution in [1.82, 2.24) is 9.88 Å². The van der Waals surface area contributed by atoms with Gasteiger partial charge in [-0.05, 0) is 44.8 Å². The third-order valence-electron chi connectivity index (χ3n) is 6.11. The number of amides is 1. The van der Waals surface area contributed by atoms with Crippen molar-refractivity contribution in [3.8, 4) is 17.2 Å². The minimum Gasteiger partial charge on any atom is -0.494 e. The van der Waals surface area contributed by atoms with Crippen LogP contribution >= 0.6 is 23.7 Å². The number of aromatic nitrogens is 1. The van der Waals surface area contributed by atoms with E-state index in [2.05, 4.69) is 11.8 Å². The number of hydrogen-bond donors (Lipinski definition) is 0. The van der Waals surface area contributed by atoms with Gasteiger partial charge in [-0.3, -0.25) is 9.69 Å². The molecule has 0 saturated heterocycles. The van der Waals surface area contributed by atoms with Crippen molar-refractivity contribution in [2.24, 2.45) is 0 Å². The standard InChI is InChI=1S/C27H27N3O3S.ClH/c1-17-13-14-22(32-4)24-25(17)34-27(28-24)30(16-15-29(2)3)26(31)23-18-9-5-7-11-20(18)33-21-12-8-6-10-19(21)23;/h5-14,23H,15-16H2,1-4H3;1H. The van der Waals surface area contributed by atoms with Crippen molar-refractivity contribution >= 4 is 45.0 Å². The minimum absolute atomic E-state index is 0. The molecule has 0 fully saturated rings. The molecule has 0 bridgehead atoms. The fraction of sp³-hybridized carbons (Fsp3) is 0.259. The van der Waals surface area contributed by atoms with Crippen molar-refractivity contribution in [3.63, 3.8) is 0 Å². The molecule has 0 unspecified atom stereocenters. The van der Waals surface area contributed by atoms with E-state index in [4.69, 9.17) is 14.5 Å². The van der Waals surface area contributed by atoms with Crippen molar-refractivity contribution in [2.45, 2.75) is 12.8 Å². The van der Waals surface area contributed by atoms with Crippen LogP contribution in [0.1, 0.15) is 22.6 Å². The van der Waals surface area contributed by atoms with Crippen LogP contribution in [0.4, 0.5) is 5.13 Å². The van der Waals surface area contributed by atoms with Gasteiger partial charge in [0.2, 0.25) is 5.91 Å². The van der Waals surface area contributed by atoms with E-state index in [1.165, 1.54) is 11.3 Å².